The lowest BCUT2D eigenvalue weighted by atomic mass is 10.1. The van der Waals surface area contributed by atoms with Gasteiger partial charge < -0.3 is 20.4 Å². The molecule has 0 amide bonds. The number of hydrogen-bond acceptors (Lipinski definition) is 6. The zero-order chi connectivity index (χ0) is 25.3. The fourth-order valence-corrected chi connectivity index (χ4v) is 4.09. The molecule has 0 spiro atoms. The van der Waals surface area contributed by atoms with Gasteiger partial charge in [0.05, 0.1) is 23.9 Å². The first-order chi connectivity index (χ1) is 18.3. The number of rotatable bonds is 6. The molecular formula is C30H28N6O. The van der Waals surface area contributed by atoms with E-state index in [0.29, 0.717) is 11.4 Å². The maximum Gasteiger partial charge on any atom is 0.237 e. The van der Waals surface area contributed by atoms with Crippen molar-refractivity contribution in [2.45, 2.75) is 12.5 Å². The van der Waals surface area contributed by atoms with Gasteiger partial charge in [-0.15, -0.1) is 0 Å². The molecule has 7 heteroatoms. The van der Waals surface area contributed by atoms with E-state index < -0.39 is 0 Å². The summed E-state index contributed by atoms with van der Waals surface area (Å²) >= 11 is 0. The zero-order valence-electron chi connectivity index (χ0n) is 20.4. The Morgan fingerprint density at radius 2 is 1.68 bits per heavy atom. The summed E-state index contributed by atoms with van der Waals surface area (Å²) in [6.45, 7) is 2.30. The summed E-state index contributed by atoms with van der Waals surface area (Å²) in [5, 5.41) is 16.8. The van der Waals surface area contributed by atoms with Crippen LogP contribution in [-0.2, 0) is 6.42 Å². The molecule has 1 aliphatic heterocycles. The Hall–Kier alpha value is -4.67. The third-order valence-corrected chi connectivity index (χ3v) is 6.10. The van der Waals surface area contributed by atoms with Crippen LogP contribution in [0.5, 0.6) is 5.88 Å². The molecule has 0 saturated heterocycles. The second-order valence-corrected chi connectivity index (χ2v) is 8.75. The van der Waals surface area contributed by atoms with Crippen LogP contribution in [0.3, 0.4) is 0 Å². The molecule has 2 aromatic carbocycles. The van der Waals surface area contributed by atoms with Crippen molar-refractivity contribution >= 4 is 16.7 Å². The first-order valence-corrected chi connectivity index (χ1v) is 12.3. The van der Waals surface area contributed by atoms with Gasteiger partial charge in [0, 0.05) is 41.6 Å². The van der Waals surface area contributed by atoms with Crippen LogP contribution in [0.1, 0.15) is 11.1 Å². The maximum absolute atomic E-state index is 8.87. The van der Waals surface area contributed by atoms with E-state index in [0.717, 1.165) is 53.9 Å². The molecule has 0 aliphatic carbocycles. The van der Waals surface area contributed by atoms with Crippen molar-refractivity contribution in [1.29, 1.82) is 5.26 Å². The van der Waals surface area contributed by atoms with Gasteiger partial charge in [0.15, 0.2) is 0 Å². The number of nitriles is 1. The van der Waals surface area contributed by atoms with E-state index in [4.69, 9.17) is 10.00 Å². The SMILES string of the molecule is N#Cc1ccc(CCNCC2CNc3cc(-c4cnc5[nH]ccc5c4)cnc3O2)cc1.c1ccccc1. The first kappa shape index (κ1) is 24.0. The number of pyridine rings is 2. The molecular weight excluding hydrogens is 460 g/mol. The smallest absolute Gasteiger partial charge is 0.237 e. The third kappa shape index (κ3) is 6.31. The van der Waals surface area contributed by atoms with E-state index in [1.807, 2.05) is 85.3 Å². The molecule has 5 aromatic rings. The summed E-state index contributed by atoms with van der Waals surface area (Å²) in [6, 6.07) is 28.0. The van der Waals surface area contributed by atoms with Gasteiger partial charge >= 0.3 is 0 Å². The Morgan fingerprint density at radius 3 is 2.43 bits per heavy atom. The van der Waals surface area contributed by atoms with Crippen LogP contribution in [0.4, 0.5) is 5.69 Å². The Kier molecular flexibility index (Phi) is 7.70. The average Bonchev–Trinajstić information content (AvgIpc) is 3.45. The van der Waals surface area contributed by atoms with Gasteiger partial charge in [-0.3, -0.25) is 0 Å². The van der Waals surface area contributed by atoms with Gasteiger partial charge in [0.25, 0.3) is 0 Å². The van der Waals surface area contributed by atoms with Crippen molar-refractivity contribution in [2.24, 2.45) is 0 Å². The largest absolute Gasteiger partial charge is 0.470 e. The molecule has 1 aliphatic rings. The van der Waals surface area contributed by atoms with Gasteiger partial charge in [-0.2, -0.15) is 5.26 Å². The predicted octanol–water partition coefficient (Wildman–Crippen LogP) is 5.19. The van der Waals surface area contributed by atoms with Crippen LogP contribution in [-0.4, -0.2) is 40.7 Å². The Bertz CT molecular complexity index is 1450. The summed E-state index contributed by atoms with van der Waals surface area (Å²) < 4.78 is 6.07. The first-order valence-electron chi connectivity index (χ1n) is 12.3. The molecule has 184 valence electrons. The minimum Gasteiger partial charge on any atom is -0.470 e. The summed E-state index contributed by atoms with van der Waals surface area (Å²) in [7, 11) is 0. The van der Waals surface area contributed by atoms with E-state index in [9.17, 15) is 0 Å². The lowest BCUT2D eigenvalue weighted by molar-refractivity contribution is 0.194. The van der Waals surface area contributed by atoms with E-state index in [2.05, 4.69) is 43.8 Å². The van der Waals surface area contributed by atoms with Gasteiger partial charge in [-0.1, -0.05) is 48.5 Å². The predicted molar refractivity (Wildman–Crippen MR) is 146 cm³/mol. The van der Waals surface area contributed by atoms with Crippen molar-refractivity contribution in [3.8, 4) is 23.1 Å². The third-order valence-electron chi connectivity index (χ3n) is 6.10. The van der Waals surface area contributed by atoms with Gasteiger partial charge in [-0.25, -0.2) is 9.97 Å². The van der Waals surface area contributed by atoms with Crippen molar-refractivity contribution in [3.63, 3.8) is 0 Å². The highest BCUT2D eigenvalue weighted by molar-refractivity contribution is 5.82. The number of ether oxygens (including phenoxy) is 1. The molecule has 1 unspecified atom stereocenters. The second-order valence-electron chi connectivity index (χ2n) is 8.75. The average molecular weight is 489 g/mol. The fourth-order valence-electron chi connectivity index (χ4n) is 4.09. The van der Waals surface area contributed by atoms with Crippen LogP contribution >= 0.6 is 0 Å². The molecule has 3 N–H and O–H groups in total. The molecule has 4 heterocycles. The Balaban J connectivity index is 0.000000412. The van der Waals surface area contributed by atoms with Crippen molar-refractivity contribution in [2.75, 3.05) is 25.0 Å². The molecule has 0 bridgehead atoms. The minimum absolute atomic E-state index is 0.0182. The van der Waals surface area contributed by atoms with E-state index in [1.54, 1.807) is 0 Å². The Morgan fingerprint density at radius 1 is 0.946 bits per heavy atom. The monoisotopic (exact) mass is 488 g/mol. The molecule has 37 heavy (non-hydrogen) atoms. The maximum atomic E-state index is 8.87. The van der Waals surface area contributed by atoms with Crippen LogP contribution < -0.4 is 15.4 Å². The van der Waals surface area contributed by atoms with Crippen LogP contribution in [0.15, 0.2) is 97.5 Å². The van der Waals surface area contributed by atoms with E-state index in [-0.39, 0.29) is 6.10 Å². The van der Waals surface area contributed by atoms with Crippen molar-refractivity contribution in [1.82, 2.24) is 20.3 Å². The van der Waals surface area contributed by atoms with Crippen LogP contribution in [0.2, 0.25) is 0 Å². The van der Waals surface area contributed by atoms with Gasteiger partial charge in [0.2, 0.25) is 5.88 Å². The number of aromatic amines is 1. The molecule has 7 nitrogen and oxygen atoms in total. The zero-order valence-corrected chi connectivity index (χ0v) is 20.4. The fraction of sp³-hybridized carbons (Fsp3) is 0.167. The van der Waals surface area contributed by atoms with Gasteiger partial charge in [0.1, 0.15) is 11.8 Å². The highest BCUT2D eigenvalue weighted by Crippen LogP contribution is 2.31. The molecule has 1 atom stereocenters. The Labute approximate surface area is 216 Å². The summed E-state index contributed by atoms with van der Waals surface area (Å²) in [5.74, 6) is 0.629. The molecule has 6 rings (SSSR count). The standard InChI is InChI=1S/C24H22N6O.C6H6/c25-11-17-3-1-16(2-4-17)5-7-26-14-21-15-28-22-10-20(13-30-24(22)31-21)19-9-18-6-8-27-23(18)29-12-19;1-2-4-6-5-3-1/h1-4,6,8-10,12-13,21,26,28H,5,7,14-15H2,(H,27,29);1-6H. The summed E-state index contributed by atoms with van der Waals surface area (Å²) in [5.41, 5.74) is 5.71. The quantitative estimate of drug-likeness (QED) is 0.285. The number of aromatic nitrogens is 3. The summed E-state index contributed by atoms with van der Waals surface area (Å²) in [4.78, 5) is 12.1. The molecule has 0 fully saturated rings. The molecule has 0 radical (unpaired) electrons. The molecule has 3 aromatic heterocycles. The number of H-pyrrole nitrogens is 1. The lowest BCUT2D eigenvalue weighted by Gasteiger charge is -2.27. The minimum atomic E-state index is 0.0182. The van der Waals surface area contributed by atoms with Gasteiger partial charge in [-0.05, 0) is 48.9 Å². The number of nitrogens with one attached hydrogen (secondary N) is 3. The van der Waals surface area contributed by atoms with E-state index in [1.165, 1.54) is 5.56 Å². The summed E-state index contributed by atoms with van der Waals surface area (Å²) in [6.07, 6.45) is 6.50. The normalized spacial score (nSPS) is 13.9. The van der Waals surface area contributed by atoms with Crippen molar-refractivity contribution in [3.05, 3.63) is 109 Å². The number of benzene rings is 2. The topological polar surface area (TPSA) is 98.7 Å². The number of fused-ring (bicyclic) bond motifs is 2. The van der Waals surface area contributed by atoms with E-state index >= 15 is 0 Å². The number of anilines is 1. The highest BCUT2D eigenvalue weighted by atomic mass is 16.5. The molecule has 0 saturated carbocycles. The lowest BCUT2D eigenvalue weighted by Crippen LogP contribution is -2.40. The number of hydrogen-bond donors (Lipinski definition) is 3. The van der Waals surface area contributed by atoms with Crippen molar-refractivity contribution < 1.29 is 4.74 Å². The number of nitrogens with zero attached hydrogens (tertiary/aromatic N) is 3. The second kappa shape index (κ2) is 11.8. The highest BCUT2D eigenvalue weighted by Gasteiger charge is 2.20. The van der Waals surface area contributed by atoms with Crippen LogP contribution in [0, 0.1) is 11.3 Å². The van der Waals surface area contributed by atoms with Crippen LogP contribution in [0.25, 0.3) is 22.2 Å².